The normalized spacial score (nSPS) is 10.7. The minimum absolute atomic E-state index is 0.0238. The number of benzene rings is 1. The van der Waals surface area contributed by atoms with Crippen molar-refractivity contribution in [2.75, 3.05) is 26.2 Å². The first-order valence-corrected chi connectivity index (χ1v) is 7.15. The SMILES string of the molecule is CCN(CC)CCNC(=O)c1cc(I)ccc1O. The summed E-state index contributed by atoms with van der Waals surface area (Å²) < 4.78 is 0.930. The molecule has 18 heavy (non-hydrogen) atoms. The van der Waals surface area contributed by atoms with Crippen molar-refractivity contribution in [1.29, 1.82) is 0 Å². The molecular weight excluding hydrogens is 343 g/mol. The number of aromatic hydroxyl groups is 1. The van der Waals surface area contributed by atoms with Gasteiger partial charge < -0.3 is 15.3 Å². The number of carbonyl (C=O) groups excluding carboxylic acids is 1. The summed E-state index contributed by atoms with van der Waals surface area (Å²) in [6, 6.07) is 4.99. The van der Waals surface area contributed by atoms with Crippen LogP contribution < -0.4 is 5.32 Å². The molecule has 1 rings (SSSR count). The minimum atomic E-state index is -0.224. The number of hydrogen-bond donors (Lipinski definition) is 2. The molecule has 1 amide bonds. The summed E-state index contributed by atoms with van der Waals surface area (Å²) in [7, 11) is 0. The highest BCUT2D eigenvalue weighted by atomic mass is 127. The lowest BCUT2D eigenvalue weighted by atomic mass is 10.2. The summed E-state index contributed by atoms with van der Waals surface area (Å²) in [4.78, 5) is 14.1. The number of nitrogens with zero attached hydrogens (tertiary/aromatic N) is 1. The van der Waals surface area contributed by atoms with E-state index in [0.29, 0.717) is 12.1 Å². The number of likely N-dealkylation sites (N-methyl/N-ethyl adjacent to an activating group) is 1. The lowest BCUT2D eigenvalue weighted by Crippen LogP contribution is -2.34. The zero-order chi connectivity index (χ0) is 13.5. The second-order valence-corrected chi connectivity index (χ2v) is 5.19. The molecule has 0 unspecified atom stereocenters. The van der Waals surface area contributed by atoms with Crippen molar-refractivity contribution >= 4 is 28.5 Å². The van der Waals surface area contributed by atoms with Crippen LogP contribution in [-0.2, 0) is 0 Å². The van der Waals surface area contributed by atoms with Gasteiger partial charge in [-0.3, -0.25) is 4.79 Å². The van der Waals surface area contributed by atoms with Crippen LogP contribution in [-0.4, -0.2) is 42.1 Å². The van der Waals surface area contributed by atoms with Gasteiger partial charge in [-0.05, 0) is 53.9 Å². The van der Waals surface area contributed by atoms with Crippen molar-refractivity contribution in [1.82, 2.24) is 10.2 Å². The highest BCUT2D eigenvalue weighted by Crippen LogP contribution is 2.19. The van der Waals surface area contributed by atoms with Gasteiger partial charge in [0.15, 0.2) is 0 Å². The van der Waals surface area contributed by atoms with Crippen LogP contribution in [0.15, 0.2) is 18.2 Å². The Balaban J connectivity index is 2.53. The van der Waals surface area contributed by atoms with Crippen LogP contribution in [0.3, 0.4) is 0 Å². The summed E-state index contributed by atoms with van der Waals surface area (Å²) in [6.07, 6.45) is 0. The number of phenols is 1. The van der Waals surface area contributed by atoms with E-state index < -0.39 is 0 Å². The second-order valence-electron chi connectivity index (χ2n) is 3.94. The molecule has 2 N–H and O–H groups in total. The molecule has 0 saturated carbocycles. The molecule has 4 nitrogen and oxygen atoms in total. The second kappa shape index (κ2) is 7.58. The quantitative estimate of drug-likeness (QED) is 0.762. The van der Waals surface area contributed by atoms with E-state index >= 15 is 0 Å². The monoisotopic (exact) mass is 362 g/mol. The number of rotatable bonds is 6. The third-order valence-corrected chi connectivity index (χ3v) is 3.48. The molecule has 0 aliphatic rings. The van der Waals surface area contributed by atoms with E-state index in [4.69, 9.17) is 0 Å². The Kier molecular flexibility index (Phi) is 6.42. The van der Waals surface area contributed by atoms with E-state index in [-0.39, 0.29) is 11.7 Å². The molecule has 0 spiro atoms. The zero-order valence-electron chi connectivity index (χ0n) is 10.7. The number of halogens is 1. The first-order chi connectivity index (χ1) is 8.58. The molecule has 1 aromatic carbocycles. The highest BCUT2D eigenvalue weighted by molar-refractivity contribution is 14.1. The highest BCUT2D eigenvalue weighted by Gasteiger charge is 2.11. The van der Waals surface area contributed by atoms with Crippen LogP contribution in [0.25, 0.3) is 0 Å². The van der Waals surface area contributed by atoms with E-state index in [2.05, 4.69) is 46.7 Å². The average molecular weight is 362 g/mol. The molecular formula is C13H19IN2O2. The fourth-order valence-electron chi connectivity index (χ4n) is 1.65. The summed E-state index contributed by atoms with van der Waals surface area (Å²) in [5, 5.41) is 12.5. The summed E-state index contributed by atoms with van der Waals surface area (Å²) in [6.45, 7) is 7.55. The first kappa shape index (κ1) is 15.2. The van der Waals surface area contributed by atoms with Crippen LogP contribution >= 0.6 is 22.6 Å². The Morgan fingerprint density at radius 2 is 2.06 bits per heavy atom. The standard InChI is InChI=1S/C13H19IN2O2/c1-3-16(4-2)8-7-15-13(18)11-9-10(14)5-6-12(11)17/h5-6,9,17H,3-4,7-8H2,1-2H3,(H,15,18). The smallest absolute Gasteiger partial charge is 0.255 e. The van der Waals surface area contributed by atoms with Crippen molar-refractivity contribution in [2.45, 2.75) is 13.8 Å². The molecule has 0 radical (unpaired) electrons. The van der Waals surface area contributed by atoms with Gasteiger partial charge in [0.25, 0.3) is 5.91 Å². The van der Waals surface area contributed by atoms with Crippen molar-refractivity contribution in [2.24, 2.45) is 0 Å². The Labute approximate surface area is 122 Å². The van der Waals surface area contributed by atoms with Gasteiger partial charge in [0.2, 0.25) is 0 Å². The van der Waals surface area contributed by atoms with Crippen LogP contribution in [0, 0.1) is 3.57 Å². The molecule has 0 fully saturated rings. The van der Waals surface area contributed by atoms with E-state index in [1.165, 1.54) is 0 Å². The predicted octanol–water partition coefficient (Wildman–Crippen LogP) is 2.07. The van der Waals surface area contributed by atoms with E-state index in [0.717, 1.165) is 23.2 Å². The van der Waals surface area contributed by atoms with Gasteiger partial charge in [0.05, 0.1) is 5.56 Å². The topological polar surface area (TPSA) is 52.6 Å². The van der Waals surface area contributed by atoms with Gasteiger partial charge in [0, 0.05) is 16.7 Å². The van der Waals surface area contributed by atoms with Crippen LogP contribution in [0.2, 0.25) is 0 Å². The van der Waals surface area contributed by atoms with Crippen molar-refractivity contribution in [3.05, 3.63) is 27.3 Å². The molecule has 5 heteroatoms. The fraction of sp³-hybridized carbons (Fsp3) is 0.462. The Hall–Kier alpha value is -0.820. The maximum absolute atomic E-state index is 11.9. The Morgan fingerprint density at radius 1 is 1.39 bits per heavy atom. The fourth-order valence-corrected chi connectivity index (χ4v) is 2.14. The van der Waals surface area contributed by atoms with E-state index in [1.807, 2.05) is 0 Å². The first-order valence-electron chi connectivity index (χ1n) is 6.07. The van der Waals surface area contributed by atoms with Crippen LogP contribution in [0.4, 0.5) is 0 Å². The van der Waals surface area contributed by atoms with Gasteiger partial charge >= 0.3 is 0 Å². The van der Waals surface area contributed by atoms with Gasteiger partial charge in [-0.2, -0.15) is 0 Å². The number of carbonyl (C=O) groups is 1. The van der Waals surface area contributed by atoms with Crippen LogP contribution in [0.5, 0.6) is 5.75 Å². The Bertz CT molecular complexity index is 406. The zero-order valence-corrected chi connectivity index (χ0v) is 12.9. The van der Waals surface area contributed by atoms with Crippen molar-refractivity contribution in [3.63, 3.8) is 0 Å². The maximum atomic E-state index is 11.9. The summed E-state index contributed by atoms with van der Waals surface area (Å²) in [5.74, 6) is -0.200. The van der Waals surface area contributed by atoms with Gasteiger partial charge in [0.1, 0.15) is 5.75 Å². The molecule has 0 bridgehead atoms. The maximum Gasteiger partial charge on any atom is 0.255 e. The molecule has 100 valence electrons. The van der Waals surface area contributed by atoms with Gasteiger partial charge in [-0.25, -0.2) is 0 Å². The number of hydrogen-bond acceptors (Lipinski definition) is 3. The molecule has 0 saturated heterocycles. The van der Waals surface area contributed by atoms with Crippen molar-refractivity contribution in [3.8, 4) is 5.75 Å². The molecule has 0 aliphatic heterocycles. The minimum Gasteiger partial charge on any atom is -0.507 e. The van der Waals surface area contributed by atoms with Gasteiger partial charge in [-0.1, -0.05) is 13.8 Å². The largest absolute Gasteiger partial charge is 0.507 e. The Morgan fingerprint density at radius 3 is 2.67 bits per heavy atom. The molecule has 0 atom stereocenters. The summed E-state index contributed by atoms with van der Waals surface area (Å²) in [5.41, 5.74) is 0.335. The lowest BCUT2D eigenvalue weighted by molar-refractivity contribution is 0.0946. The molecule has 0 aromatic heterocycles. The van der Waals surface area contributed by atoms with Crippen LogP contribution in [0.1, 0.15) is 24.2 Å². The average Bonchev–Trinajstić information content (AvgIpc) is 2.37. The molecule has 0 heterocycles. The van der Waals surface area contributed by atoms with Gasteiger partial charge in [-0.15, -0.1) is 0 Å². The van der Waals surface area contributed by atoms with E-state index in [9.17, 15) is 9.90 Å². The molecule has 0 aliphatic carbocycles. The lowest BCUT2D eigenvalue weighted by Gasteiger charge is -2.18. The third-order valence-electron chi connectivity index (χ3n) is 2.81. The predicted molar refractivity (Wildman–Crippen MR) is 80.9 cm³/mol. The van der Waals surface area contributed by atoms with Crippen molar-refractivity contribution < 1.29 is 9.90 Å². The number of phenolic OH excluding ortho intramolecular Hbond substituents is 1. The molecule has 1 aromatic rings. The summed E-state index contributed by atoms with van der Waals surface area (Å²) >= 11 is 2.12. The third kappa shape index (κ3) is 4.45. The number of nitrogens with one attached hydrogen (secondary N) is 1. The number of amides is 1. The van der Waals surface area contributed by atoms with E-state index in [1.54, 1.807) is 18.2 Å².